The fourth-order valence-corrected chi connectivity index (χ4v) is 2.80. The van der Waals surface area contributed by atoms with E-state index in [1.54, 1.807) is 7.11 Å². The number of hydrogen-bond acceptors (Lipinski definition) is 3. The van der Waals surface area contributed by atoms with E-state index in [-0.39, 0.29) is 5.41 Å². The van der Waals surface area contributed by atoms with E-state index < -0.39 is 0 Å². The lowest BCUT2D eigenvalue weighted by Gasteiger charge is -2.45. The Hall–Kier alpha value is -1.22. The van der Waals surface area contributed by atoms with Gasteiger partial charge in [0.2, 0.25) is 0 Å². The van der Waals surface area contributed by atoms with Crippen LogP contribution in [0.25, 0.3) is 0 Å². The second kappa shape index (κ2) is 5.65. The summed E-state index contributed by atoms with van der Waals surface area (Å²) in [5.74, 6) is 0.969. The fourth-order valence-electron chi connectivity index (χ4n) is 2.80. The van der Waals surface area contributed by atoms with Crippen molar-refractivity contribution in [2.75, 3.05) is 25.1 Å². The van der Waals surface area contributed by atoms with Crippen LogP contribution in [0.1, 0.15) is 33.3 Å². The molecule has 0 bridgehead atoms. The Kier molecular flexibility index (Phi) is 4.28. The molecule has 1 aliphatic heterocycles. The smallest absolute Gasteiger partial charge is 0.142 e. The summed E-state index contributed by atoms with van der Waals surface area (Å²) in [5.41, 5.74) is 2.75. The zero-order chi connectivity index (χ0) is 14.9. The van der Waals surface area contributed by atoms with Crippen molar-refractivity contribution in [3.05, 3.63) is 23.8 Å². The first kappa shape index (κ1) is 15.2. The summed E-state index contributed by atoms with van der Waals surface area (Å²) in [6.07, 6.45) is 0. The van der Waals surface area contributed by atoms with Gasteiger partial charge in [0, 0.05) is 25.2 Å². The highest BCUT2D eigenvalue weighted by molar-refractivity contribution is 5.61. The van der Waals surface area contributed by atoms with E-state index in [1.807, 2.05) is 0 Å². The number of aryl methyl sites for hydroxylation is 1. The molecule has 1 aromatic carbocycles. The molecule has 0 aromatic heterocycles. The quantitative estimate of drug-likeness (QED) is 0.897. The maximum Gasteiger partial charge on any atom is 0.142 e. The van der Waals surface area contributed by atoms with Gasteiger partial charge in [0.25, 0.3) is 0 Å². The van der Waals surface area contributed by atoms with E-state index in [4.69, 9.17) is 4.74 Å². The van der Waals surface area contributed by atoms with Gasteiger partial charge >= 0.3 is 0 Å². The molecule has 0 amide bonds. The molecule has 2 atom stereocenters. The largest absolute Gasteiger partial charge is 0.495 e. The molecule has 3 heteroatoms. The summed E-state index contributed by atoms with van der Waals surface area (Å²) >= 11 is 0. The van der Waals surface area contributed by atoms with Crippen molar-refractivity contribution < 1.29 is 4.74 Å². The van der Waals surface area contributed by atoms with Crippen molar-refractivity contribution in [2.24, 2.45) is 5.41 Å². The van der Waals surface area contributed by atoms with Gasteiger partial charge < -0.3 is 15.0 Å². The van der Waals surface area contributed by atoms with Gasteiger partial charge in [-0.2, -0.15) is 0 Å². The van der Waals surface area contributed by atoms with Gasteiger partial charge in [0.1, 0.15) is 5.75 Å². The van der Waals surface area contributed by atoms with Crippen LogP contribution in [-0.4, -0.2) is 32.3 Å². The first-order chi connectivity index (χ1) is 9.32. The average Bonchev–Trinajstić information content (AvgIpc) is 2.38. The number of anilines is 1. The van der Waals surface area contributed by atoms with Gasteiger partial charge in [-0.3, -0.25) is 0 Å². The van der Waals surface area contributed by atoms with E-state index in [2.05, 4.69) is 63.0 Å². The normalized spacial score (nSPS) is 23.8. The van der Waals surface area contributed by atoms with Crippen LogP contribution in [-0.2, 0) is 0 Å². The van der Waals surface area contributed by atoms with Crippen molar-refractivity contribution in [3.63, 3.8) is 0 Å². The summed E-state index contributed by atoms with van der Waals surface area (Å²) in [4.78, 5) is 2.48. The summed E-state index contributed by atoms with van der Waals surface area (Å²) in [6.45, 7) is 13.3. The van der Waals surface area contributed by atoms with Crippen LogP contribution in [0.5, 0.6) is 5.75 Å². The van der Waals surface area contributed by atoms with E-state index in [9.17, 15) is 0 Å². The van der Waals surface area contributed by atoms with Crippen LogP contribution in [0, 0.1) is 12.3 Å². The van der Waals surface area contributed by atoms with E-state index in [0.717, 1.165) is 18.8 Å². The van der Waals surface area contributed by atoms with Gasteiger partial charge in [0.15, 0.2) is 0 Å². The maximum atomic E-state index is 5.56. The topological polar surface area (TPSA) is 24.5 Å². The van der Waals surface area contributed by atoms with Gasteiger partial charge in [0.05, 0.1) is 12.8 Å². The van der Waals surface area contributed by atoms with Crippen LogP contribution in [0.4, 0.5) is 5.69 Å². The Balaban J connectivity index is 2.32. The number of piperazine rings is 1. The molecule has 1 aromatic rings. The van der Waals surface area contributed by atoms with E-state index in [1.165, 1.54) is 11.3 Å². The number of nitrogens with zero attached hydrogens (tertiary/aromatic N) is 1. The predicted octanol–water partition coefficient (Wildman–Crippen LogP) is 3.22. The Labute approximate surface area is 123 Å². The third kappa shape index (κ3) is 3.09. The molecule has 20 heavy (non-hydrogen) atoms. The first-order valence-corrected chi connectivity index (χ1v) is 7.47. The number of hydrogen-bond donors (Lipinski definition) is 1. The minimum atomic E-state index is 0.259. The summed E-state index contributed by atoms with van der Waals surface area (Å²) < 4.78 is 5.56. The van der Waals surface area contributed by atoms with Crippen molar-refractivity contribution in [1.82, 2.24) is 5.32 Å². The Morgan fingerprint density at radius 3 is 2.60 bits per heavy atom. The molecule has 0 spiro atoms. The van der Waals surface area contributed by atoms with Crippen molar-refractivity contribution in [2.45, 2.75) is 46.7 Å². The minimum absolute atomic E-state index is 0.259. The summed E-state index contributed by atoms with van der Waals surface area (Å²) in [6, 6.07) is 7.38. The van der Waals surface area contributed by atoms with E-state index >= 15 is 0 Å². The summed E-state index contributed by atoms with van der Waals surface area (Å²) in [5, 5.41) is 3.68. The predicted molar refractivity (Wildman–Crippen MR) is 85.8 cm³/mol. The number of methoxy groups -OCH3 is 1. The van der Waals surface area contributed by atoms with Crippen LogP contribution < -0.4 is 15.0 Å². The standard InChI is InChI=1S/C17H28N2O/c1-12-7-8-15(20-6)14(9-12)19-11-16(17(3,4)5)18-10-13(19)2/h7-9,13,16,18H,10-11H2,1-6H3. The van der Waals surface area contributed by atoms with Gasteiger partial charge in [-0.05, 0) is 37.0 Å². The Bertz CT molecular complexity index is 465. The highest BCUT2D eigenvalue weighted by Gasteiger charge is 2.33. The molecule has 0 saturated carbocycles. The number of ether oxygens (including phenoxy) is 1. The molecule has 1 aliphatic rings. The molecule has 2 rings (SSSR count). The van der Waals surface area contributed by atoms with Crippen LogP contribution in [0.15, 0.2) is 18.2 Å². The molecule has 1 fully saturated rings. The lowest BCUT2D eigenvalue weighted by molar-refractivity contribution is 0.238. The van der Waals surface area contributed by atoms with Crippen LogP contribution in [0.2, 0.25) is 0 Å². The molecule has 0 radical (unpaired) electrons. The van der Waals surface area contributed by atoms with Gasteiger partial charge in [-0.15, -0.1) is 0 Å². The molecule has 112 valence electrons. The SMILES string of the molecule is COc1ccc(C)cc1N1CC(C(C)(C)C)NCC1C. The van der Waals surface area contributed by atoms with Crippen molar-refractivity contribution in [1.29, 1.82) is 0 Å². The van der Waals surface area contributed by atoms with Crippen molar-refractivity contribution in [3.8, 4) is 5.75 Å². The average molecular weight is 276 g/mol. The molecule has 1 heterocycles. The third-order valence-corrected chi connectivity index (χ3v) is 4.26. The molecule has 0 aliphatic carbocycles. The molecule has 1 N–H and O–H groups in total. The zero-order valence-corrected chi connectivity index (χ0v) is 13.7. The highest BCUT2D eigenvalue weighted by atomic mass is 16.5. The van der Waals surface area contributed by atoms with Crippen LogP contribution >= 0.6 is 0 Å². The Morgan fingerprint density at radius 1 is 1.30 bits per heavy atom. The number of rotatable bonds is 2. The second-order valence-corrected chi connectivity index (χ2v) is 7.00. The zero-order valence-electron chi connectivity index (χ0n) is 13.7. The lowest BCUT2D eigenvalue weighted by atomic mass is 9.84. The van der Waals surface area contributed by atoms with E-state index in [0.29, 0.717) is 12.1 Å². The molecular weight excluding hydrogens is 248 g/mol. The Morgan fingerprint density at radius 2 is 2.00 bits per heavy atom. The first-order valence-electron chi connectivity index (χ1n) is 7.47. The van der Waals surface area contributed by atoms with Gasteiger partial charge in [-0.1, -0.05) is 26.8 Å². The second-order valence-electron chi connectivity index (χ2n) is 7.00. The lowest BCUT2D eigenvalue weighted by Crippen LogP contribution is -2.59. The number of benzene rings is 1. The van der Waals surface area contributed by atoms with Crippen LogP contribution in [0.3, 0.4) is 0 Å². The fraction of sp³-hybridized carbons (Fsp3) is 0.647. The number of nitrogens with one attached hydrogen (secondary N) is 1. The minimum Gasteiger partial charge on any atom is -0.495 e. The molecule has 2 unspecified atom stereocenters. The molecule has 3 nitrogen and oxygen atoms in total. The molecule has 1 saturated heterocycles. The molecular formula is C17H28N2O. The maximum absolute atomic E-state index is 5.56. The highest BCUT2D eigenvalue weighted by Crippen LogP contribution is 2.33. The van der Waals surface area contributed by atoms with Gasteiger partial charge in [-0.25, -0.2) is 0 Å². The van der Waals surface area contributed by atoms with Crippen molar-refractivity contribution >= 4 is 5.69 Å². The third-order valence-electron chi connectivity index (χ3n) is 4.26. The summed E-state index contributed by atoms with van der Waals surface area (Å²) in [7, 11) is 1.75. The monoisotopic (exact) mass is 276 g/mol.